The van der Waals surface area contributed by atoms with E-state index in [1.807, 2.05) is 6.07 Å². The molecule has 0 radical (unpaired) electrons. The van der Waals surface area contributed by atoms with Crippen LogP contribution >= 0.6 is 0 Å². The van der Waals surface area contributed by atoms with E-state index in [1.54, 1.807) is 0 Å². The average molecular weight is 275 g/mol. The summed E-state index contributed by atoms with van der Waals surface area (Å²) in [4.78, 5) is 0. The number of para-hydroxylation sites is 1. The van der Waals surface area contributed by atoms with Crippen LogP contribution in [0.1, 0.15) is 50.0 Å². The first kappa shape index (κ1) is 13.9. The minimum Gasteiger partial charge on any atom is -0.493 e. The molecule has 0 saturated heterocycles. The highest BCUT2D eigenvalue weighted by Gasteiger charge is 2.33. The molecule has 0 aromatic heterocycles. The Kier molecular flexibility index (Phi) is 4.27. The number of hydrogen-bond acceptors (Lipinski definition) is 3. The van der Waals surface area contributed by atoms with Crippen molar-refractivity contribution in [3.8, 4) is 5.75 Å². The van der Waals surface area contributed by atoms with Crippen LogP contribution in [0, 0.1) is 0 Å². The summed E-state index contributed by atoms with van der Waals surface area (Å²) < 4.78 is 12.1. The van der Waals surface area contributed by atoms with Gasteiger partial charge in [-0.2, -0.15) is 0 Å². The SMILES string of the molecule is NCC1(OCC2CCOc3ccccc32)CCCCC1. The Morgan fingerprint density at radius 3 is 2.80 bits per heavy atom. The molecule has 20 heavy (non-hydrogen) atoms. The molecule has 1 aliphatic carbocycles. The summed E-state index contributed by atoms with van der Waals surface area (Å²) in [5.74, 6) is 1.48. The van der Waals surface area contributed by atoms with Crippen molar-refractivity contribution in [3.05, 3.63) is 29.8 Å². The van der Waals surface area contributed by atoms with Crippen LogP contribution in [0.4, 0.5) is 0 Å². The second kappa shape index (κ2) is 6.15. The number of rotatable bonds is 4. The Morgan fingerprint density at radius 1 is 1.20 bits per heavy atom. The quantitative estimate of drug-likeness (QED) is 0.917. The maximum Gasteiger partial charge on any atom is 0.122 e. The van der Waals surface area contributed by atoms with E-state index in [4.69, 9.17) is 15.2 Å². The first-order valence-corrected chi connectivity index (χ1v) is 7.89. The largest absolute Gasteiger partial charge is 0.493 e. The Hall–Kier alpha value is -1.06. The van der Waals surface area contributed by atoms with Crippen molar-refractivity contribution in [2.75, 3.05) is 19.8 Å². The molecular formula is C17H25NO2. The Labute approximate surface area is 121 Å². The molecule has 2 N–H and O–H groups in total. The molecule has 1 saturated carbocycles. The molecular weight excluding hydrogens is 250 g/mol. The van der Waals surface area contributed by atoms with Crippen LogP contribution in [-0.4, -0.2) is 25.4 Å². The fraction of sp³-hybridized carbons (Fsp3) is 0.647. The summed E-state index contributed by atoms with van der Waals surface area (Å²) in [6, 6.07) is 8.34. The van der Waals surface area contributed by atoms with Crippen molar-refractivity contribution in [2.45, 2.75) is 50.0 Å². The van der Waals surface area contributed by atoms with Crippen molar-refractivity contribution < 1.29 is 9.47 Å². The second-order valence-electron chi connectivity index (χ2n) is 6.13. The molecule has 0 amide bonds. The highest BCUT2D eigenvalue weighted by atomic mass is 16.5. The van der Waals surface area contributed by atoms with Gasteiger partial charge in [0.05, 0.1) is 18.8 Å². The van der Waals surface area contributed by atoms with E-state index >= 15 is 0 Å². The van der Waals surface area contributed by atoms with Crippen LogP contribution in [0.2, 0.25) is 0 Å². The fourth-order valence-electron chi connectivity index (χ4n) is 3.47. The van der Waals surface area contributed by atoms with Gasteiger partial charge in [-0.05, 0) is 30.9 Å². The summed E-state index contributed by atoms with van der Waals surface area (Å²) in [5, 5.41) is 0. The smallest absolute Gasteiger partial charge is 0.122 e. The number of hydrogen-bond donors (Lipinski definition) is 1. The number of fused-ring (bicyclic) bond motifs is 1. The van der Waals surface area contributed by atoms with Gasteiger partial charge in [-0.25, -0.2) is 0 Å². The fourth-order valence-corrected chi connectivity index (χ4v) is 3.47. The van der Waals surface area contributed by atoms with Crippen LogP contribution in [-0.2, 0) is 4.74 Å². The Morgan fingerprint density at radius 2 is 2.00 bits per heavy atom. The van der Waals surface area contributed by atoms with Crippen molar-refractivity contribution >= 4 is 0 Å². The van der Waals surface area contributed by atoms with Gasteiger partial charge in [-0.1, -0.05) is 37.5 Å². The predicted octanol–water partition coefficient (Wildman–Crippen LogP) is 3.23. The third-order valence-electron chi connectivity index (χ3n) is 4.81. The van der Waals surface area contributed by atoms with E-state index < -0.39 is 0 Å². The summed E-state index contributed by atoms with van der Waals surface area (Å²) in [7, 11) is 0. The molecule has 3 nitrogen and oxygen atoms in total. The molecule has 1 heterocycles. The molecule has 3 heteroatoms. The van der Waals surface area contributed by atoms with E-state index in [1.165, 1.54) is 24.8 Å². The molecule has 3 rings (SSSR count). The molecule has 110 valence electrons. The van der Waals surface area contributed by atoms with Gasteiger partial charge in [0.2, 0.25) is 0 Å². The Bertz CT molecular complexity index is 440. The predicted molar refractivity (Wildman–Crippen MR) is 80.1 cm³/mol. The standard InChI is InChI=1S/C17H25NO2/c18-13-17(9-4-1-5-10-17)20-12-14-8-11-19-16-7-3-2-6-15(14)16/h2-3,6-7,14H,1,4-5,8-13,18H2. The molecule has 0 spiro atoms. The van der Waals surface area contributed by atoms with Gasteiger partial charge in [0.25, 0.3) is 0 Å². The van der Waals surface area contributed by atoms with E-state index in [0.29, 0.717) is 12.5 Å². The third kappa shape index (κ3) is 2.84. The van der Waals surface area contributed by atoms with Gasteiger partial charge >= 0.3 is 0 Å². The second-order valence-corrected chi connectivity index (χ2v) is 6.13. The van der Waals surface area contributed by atoms with Gasteiger partial charge in [0, 0.05) is 12.5 Å². The normalized spacial score (nSPS) is 24.8. The van der Waals surface area contributed by atoms with Crippen LogP contribution in [0.25, 0.3) is 0 Å². The monoisotopic (exact) mass is 275 g/mol. The van der Waals surface area contributed by atoms with E-state index in [0.717, 1.165) is 38.2 Å². The van der Waals surface area contributed by atoms with Gasteiger partial charge in [0.1, 0.15) is 5.75 Å². The number of ether oxygens (including phenoxy) is 2. The lowest BCUT2D eigenvalue weighted by Gasteiger charge is -2.38. The van der Waals surface area contributed by atoms with Gasteiger partial charge < -0.3 is 15.2 Å². The van der Waals surface area contributed by atoms with Crippen molar-refractivity contribution in [1.82, 2.24) is 0 Å². The van der Waals surface area contributed by atoms with Crippen LogP contribution in [0.15, 0.2) is 24.3 Å². The van der Waals surface area contributed by atoms with Gasteiger partial charge in [-0.3, -0.25) is 0 Å². The molecule has 1 atom stereocenters. The van der Waals surface area contributed by atoms with Crippen molar-refractivity contribution in [2.24, 2.45) is 5.73 Å². The highest BCUT2D eigenvalue weighted by Crippen LogP contribution is 2.36. The van der Waals surface area contributed by atoms with Crippen LogP contribution in [0.3, 0.4) is 0 Å². The number of nitrogens with two attached hydrogens (primary N) is 1. The summed E-state index contributed by atoms with van der Waals surface area (Å²) in [5.41, 5.74) is 7.23. The van der Waals surface area contributed by atoms with Crippen LogP contribution in [0.5, 0.6) is 5.75 Å². The van der Waals surface area contributed by atoms with Gasteiger partial charge in [-0.15, -0.1) is 0 Å². The zero-order valence-corrected chi connectivity index (χ0v) is 12.1. The first-order valence-electron chi connectivity index (χ1n) is 7.89. The Balaban J connectivity index is 1.66. The zero-order valence-electron chi connectivity index (χ0n) is 12.1. The minimum atomic E-state index is -0.0640. The first-order chi connectivity index (χ1) is 9.83. The van der Waals surface area contributed by atoms with E-state index in [9.17, 15) is 0 Å². The van der Waals surface area contributed by atoms with Gasteiger partial charge in [0.15, 0.2) is 0 Å². The average Bonchev–Trinajstić information content (AvgIpc) is 2.54. The lowest BCUT2D eigenvalue weighted by atomic mass is 9.84. The molecule has 0 bridgehead atoms. The van der Waals surface area contributed by atoms with Crippen molar-refractivity contribution in [3.63, 3.8) is 0 Å². The molecule has 1 aromatic rings. The molecule has 2 aliphatic rings. The summed E-state index contributed by atoms with van der Waals surface area (Å²) in [6.07, 6.45) is 7.11. The third-order valence-corrected chi connectivity index (χ3v) is 4.81. The molecule has 1 aliphatic heterocycles. The van der Waals surface area contributed by atoms with Crippen LogP contribution < -0.4 is 10.5 Å². The van der Waals surface area contributed by atoms with E-state index in [2.05, 4.69) is 18.2 Å². The maximum absolute atomic E-state index is 6.34. The molecule has 1 unspecified atom stereocenters. The number of benzene rings is 1. The molecule has 1 aromatic carbocycles. The summed E-state index contributed by atoms with van der Waals surface area (Å²) in [6.45, 7) is 2.22. The highest BCUT2D eigenvalue weighted by molar-refractivity contribution is 5.37. The lowest BCUT2D eigenvalue weighted by molar-refractivity contribution is -0.0711. The van der Waals surface area contributed by atoms with E-state index in [-0.39, 0.29) is 5.60 Å². The minimum absolute atomic E-state index is 0.0640. The lowest BCUT2D eigenvalue weighted by Crippen LogP contribution is -2.43. The zero-order chi connectivity index (χ0) is 13.8. The topological polar surface area (TPSA) is 44.5 Å². The maximum atomic E-state index is 6.34. The van der Waals surface area contributed by atoms with Crippen molar-refractivity contribution in [1.29, 1.82) is 0 Å². The molecule has 1 fully saturated rings. The summed E-state index contributed by atoms with van der Waals surface area (Å²) >= 11 is 0.